The predicted molar refractivity (Wildman–Crippen MR) is 31.4 cm³/mol. The summed E-state index contributed by atoms with van der Waals surface area (Å²) in [7, 11) is 3.26. The van der Waals surface area contributed by atoms with Crippen LogP contribution in [0.4, 0.5) is 13.2 Å². The largest absolute Gasteiger partial charge is 0.393 e. The molecule has 1 unspecified atom stereocenters. The normalized spacial score (nSPS) is 15.7. The summed E-state index contributed by atoms with van der Waals surface area (Å²) in [5.74, 6) is -0.412. The van der Waals surface area contributed by atoms with Crippen molar-refractivity contribution in [2.75, 3.05) is 5.75 Å². The van der Waals surface area contributed by atoms with Crippen LogP contribution in [-0.4, -0.2) is 16.5 Å². The molecule has 0 saturated carbocycles. The smallest absolute Gasteiger partial charge is 0.171 e. The molecule has 0 radical (unpaired) electrons. The fraction of sp³-hybridized carbons (Fsp3) is 1.00. The maximum atomic E-state index is 11.3. The highest BCUT2D eigenvalue weighted by Crippen LogP contribution is 2.20. The third-order valence-corrected chi connectivity index (χ3v) is 1.56. The Morgan fingerprint density at radius 2 is 1.89 bits per heavy atom. The van der Waals surface area contributed by atoms with Crippen molar-refractivity contribution in [3.05, 3.63) is 0 Å². The van der Waals surface area contributed by atoms with Crippen LogP contribution in [0.1, 0.15) is 6.42 Å². The molecule has 0 aromatic heterocycles. The zero-order chi connectivity index (χ0) is 7.49. The van der Waals surface area contributed by atoms with Crippen LogP contribution >= 0.6 is 10.7 Å². The molecule has 1 atom stereocenters. The van der Waals surface area contributed by atoms with Gasteiger partial charge in [0, 0.05) is 0 Å². The molecule has 56 valence electrons. The lowest BCUT2D eigenvalue weighted by atomic mass is 10.5. The minimum atomic E-state index is -4.21. The molecular formula is C3H5ClF3OS+. The Balaban J connectivity index is 3.28. The summed E-state index contributed by atoms with van der Waals surface area (Å²) in [6.07, 6.45) is -5.22. The Morgan fingerprint density at radius 1 is 1.44 bits per heavy atom. The monoisotopic (exact) mass is 181 g/mol. The van der Waals surface area contributed by atoms with Gasteiger partial charge >= 0.3 is 6.18 Å². The lowest BCUT2D eigenvalue weighted by Gasteiger charge is -1.99. The number of alkyl halides is 3. The van der Waals surface area contributed by atoms with Crippen LogP contribution in [0.25, 0.3) is 0 Å². The molecule has 1 nitrogen and oxygen atoms in total. The van der Waals surface area contributed by atoms with Crippen LogP contribution in [0.3, 0.4) is 0 Å². The van der Waals surface area contributed by atoms with E-state index in [1.165, 1.54) is 0 Å². The van der Waals surface area contributed by atoms with Crippen LogP contribution < -0.4 is 0 Å². The first-order valence-electron chi connectivity index (χ1n) is 2.05. The van der Waals surface area contributed by atoms with Gasteiger partial charge in [-0.2, -0.15) is 17.7 Å². The first kappa shape index (κ1) is 9.39. The first-order valence-corrected chi connectivity index (χ1v) is 4.22. The quantitative estimate of drug-likeness (QED) is 0.648. The Hall–Kier alpha value is 0.390. The molecule has 0 aromatic rings. The number of halogens is 4. The van der Waals surface area contributed by atoms with Gasteiger partial charge in [-0.15, -0.1) is 0 Å². The molecule has 0 aliphatic rings. The van der Waals surface area contributed by atoms with Crippen LogP contribution in [0.2, 0.25) is 0 Å². The second-order valence-electron chi connectivity index (χ2n) is 1.38. The topological polar surface area (TPSA) is 20.2 Å². The van der Waals surface area contributed by atoms with Crippen molar-refractivity contribution in [3.63, 3.8) is 0 Å². The minimum Gasteiger partial charge on any atom is -0.171 e. The molecule has 0 aliphatic heterocycles. The summed E-state index contributed by atoms with van der Waals surface area (Å²) in [5.41, 5.74) is 0. The van der Waals surface area contributed by atoms with Gasteiger partial charge in [0.25, 0.3) is 10.4 Å². The van der Waals surface area contributed by atoms with Crippen molar-refractivity contribution >= 4 is 21.1 Å². The van der Waals surface area contributed by atoms with Gasteiger partial charge in [-0.3, -0.25) is 0 Å². The van der Waals surface area contributed by atoms with Gasteiger partial charge in [0.2, 0.25) is 10.7 Å². The van der Waals surface area contributed by atoms with Crippen molar-refractivity contribution in [1.29, 1.82) is 0 Å². The lowest BCUT2D eigenvalue weighted by Crippen LogP contribution is -2.12. The zero-order valence-corrected chi connectivity index (χ0v) is 5.85. The predicted octanol–water partition coefficient (Wildman–Crippen LogP) is 2.18. The van der Waals surface area contributed by atoms with Crippen molar-refractivity contribution in [1.82, 2.24) is 0 Å². The average molecular weight is 182 g/mol. The number of hydrogen-bond acceptors (Lipinski definition) is 1. The van der Waals surface area contributed by atoms with Gasteiger partial charge in [0.15, 0.2) is 5.75 Å². The Morgan fingerprint density at radius 3 is 2.00 bits per heavy atom. The Kier molecular flexibility index (Phi) is 3.68. The second kappa shape index (κ2) is 3.53. The van der Waals surface area contributed by atoms with Gasteiger partial charge in [-0.25, -0.2) is 0 Å². The van der Waals surface area contributed by atoms with E-state index in [1.807, 2.05) is 0 Å². The van der Waals surface area contributed by atoms with E-state index in [0.717, 1.165) is 0 Å². The standard InChI is InChI=1S/C3H5ClF3OS/c4-9(8)2-1-3(5,6)7/h8H,1-2H2/q+1. The third kappa shape index (κ3) is 8.39. The van der Waals surface area contributed by atoms with Crippen molar-refractivity contribution in [2.24, 2.45) is 0 Å². The first-order chi connectivity index (χ1) is 3.92. The highest BCUT2D eigenvalue weighted by Gasteiger charge is 2.31. The fourth-order valence-electron chi connectivity index (χ4n) is 0.200. The third-order valence-electron chi connectivity index (χ3n) is 0.554. The summed E-state index contributed by atoms with van der Waals surface area (Å²) in [4.78, 5) is 0. The number of rotatable bonds is 2. The Labute approximate surface area is 57.9 Å². The van der Waals surface area contributed by atoms with Gasteiger partial charge in [0.1, 0.15) is 0 Å². The molecule has 0 bridgehead atoms. The van der Waals surface area contributed by atoms with E-state index in [-0.39, 0.29) is 0 Å². The summed E-state index contributed by atoms with van der Waals surface area (Å²) >= 11 is 0. The molecule has 0 rings (SSSR count). The van der Waals surface area contributed by atoms with E-state index >= 15 is 0 Å². The van der Waals surface area contributed by atoms with Gasteiger partial charge in [-0.05, 0) is 0 Å². The van der Waals surface area contributed by atoms with E-state index in [4.69, 9.17) is 15.2 Å². The molecule has 6 heteroatoms. The summed E-state index contributed by atoms with van der Waals surface area (Å²) in [6.45, 7) is 0. The summed E-state index contributed by atoms with van der Waals surface area (Å²) < 4.78 is 42.0. The van der Waals surface area contributed by atoms with E-state index in [0.29, 0.717) is 0 Å². The van der Waals surface area contributed by atoms with Crippen molar-refractivity contribution in [3.8, 4) is 0 Å². The van der Waals surface area contributed by atoms with Crippen LogP contribution in [-0.2, 0) is 10.4 Å². The van der Waals surface area contributed by atoms with Crippen LogP contribution in [0.5, 0.6) is 0 Å². The molecule has 0 amide bonds. The summed E-state index contributed by atoms with van der Waals surface area (Å²) in [5, 5.41) is 0. The molecule has 0 fully saturated rings. The molecule has 0 saturated heterocycles. The van der Waals surface area contributed by atoms with Gasteiger partial charge < -0.3 is 0 Å². The molecule has 0 heterocycles. The molecule has 0 aromatic carbocycles. The van der Waals surface area contributed by atoms with Crippen molar-refractivity contribution in [2.45, 2.75) is 12.6 Å². The van der Waals surface area contributed by atoms with E-state index in [1.54, 1.807) is 0 Å². The average Bonchev–Trinajstić information content (AvgIpc) is 1.59. The van der Waals surface area contributed by atoms with Crippen LogP contribution in [0.15, 0.2) is 0 Å². The highest BCUT2D eigenvalue weighted by atomic mass is 35.7. The van der Waals surface area contributed by atoms with E-state index in [2.05, 4.69) is 0 Å². The zero-order valence-electron chi connectivity index (χ0n) is 4.28. The molecule has 0 aliphatic carbocycles. The second-order valence-corrected chi connectivity index (χ2v) is 3.47. The fourth-order valence-corrected chi connectivity index (χ4v) is 0.831. The highest BCUT2D eigenvalue weighted by molar-refractivity contribution is 8.13. The maximum Gasteiger partial charge on any atom is 0.393 e. The molecular weight excluding hydrogens is 177 g/mol. The van der Waals surface area contributed by atoms with Gasteiger partial charge in [-0.1, -0.05) is 0 Å². The SMILES string of the molecule is O[S+](Cl)CCC(F)(F)F. The van der Waals surface area contributed by atoms with Crippen LogP contribution in [0, 0.1) is 0 Å². The minimum absolute atomic E-state index is 0.412. The lowest BCUT2D eigenvalue weighted by molar-refractivity contribution is -0.129. The van der Waals surface area contributed by atoms with E-state index < -0.39 is 28.7 Å². The number of hydrogen-bond donors (Lipinski definition) is 1. The Bertz CT molecular complexity index is 83.6. The van der Waals surface area contributed by atoms with E-state index in [9.17, 15) is 13.2 Å². The maximum absolute atomic E-state index is 11.3. The van der Waals surface area contributed by atoms with Crippen molar-refractivity contribution < 1.29 is 17.7 Å². The van der Waals surface area contributed by atoms with Gasteiger partial charge in [0.05, 0.1) is 6.42 Å². The summed E-state index contributed by atoms with van der Waals surface area (Å²) in [6, 6.07) is 0. The molecule has 1 N–H and O–H groups in total. The molecule has 0 spiro atoms. The molecule has 9 heavy (non-hydrogen) atoms.